The summed E-state index contributed by atoms with van der Waals surface area (Å²) in [6, 6.07) is 27.6. The Bertz CT molecular complexity index is 1030. The summed E-state index contributed by atoms with van der Waals surface area (Å²) >= 11 is 0. The van der Waals surface area contributed by atoms with Crippen LogP contribution in [0.5, 0.6) is 0 Å². The lowest BCUT2D eigenvalue weighted by Crippen LogP contribution is -2.52. The van der Waals surface area contributed by atoms with Gasteiger partial charge in [-0.2, -0.15) is 0 Å². The minimum absolute atomic E-state index is 0.00957. The monoisotopic (exact) mass is 456 g/mol. The van der Waals surface area contributed by atoms with E-state index in [-0.39, 0.29) is 17.9 Å². The van der Waals surface area contributed by atoms with Gasteiger partial charge in [0.2, 0.25) is 11.8 Å². The average molecular weight is 457 g/mol. The molecule has 0 saturated carbocycles. The Morgan fingerprint density at radius 3 is 2.00 bits per heavy atom. The Labute approximate surface area is 204 Å². The van der Waals surface area contributed by atoms with Gasteiger partial charge < -0.3 is 10.2 Å². The van der Waals surface area contributed by atoms with Crippen molar-refractivity contribution in [1.29, 1.82) is 0 Å². The van der Waals surface area contributed by atoms with E-state index in [1.54, 1.807) is 4.90 Å². The van der Waals surface area contributed by atoms with Crippen molar-refractivity contribution in [2.45, 2.75) is 65.1 Å². The molecular weight excluding hydrogens is 420 g/mol. The van der Waals surface area contributed by atoms with E-state index in [4.69, 9.17) is 0 Å². The highest BCUT2D eigenvalue weighted by molar-refractivity contribution is 5.88. The summed E-state index contributed by atoms with van der Waals surface area (Å²) in [7, 11) is 0. The van der Waals surface area contributed by atoms with Crippen molar-refractivity contribution in [1.82, 2.24) is 10.2 Å². The number of carbonyl (C=O) groups excluding carboxylic acids is 2. The maximum Gasteiger partial charge on any atom is 0.243 e. The Balaban J connectivity index is 1.90. The molecule has 2 atom stereocenters. The molecule has 3 rings (SSSR count). The number of hydrogen-bond donors (Lipinski definition) is 1. The van der Waals surface area contributed by atoms with Crippen LogP contribution in [0.25, 0.3) is 0 Å². The van der Waals surface area contributed by atoms with Crippen molar-refractivity contribution in [2.24, 2.45) is 0 Å². The maximum absolute atomic E-state index is 13.6. The van der Waals surface area contributed by atoms with E-state index in [1.165, 1.54) is 5.56 Å². The molecule has 1 N–H and O–H groups in total. The highest BCUT2D eigenvalue weighted by atomic mass is 16.2. The summed E-state index contributed by atoms with van der Waals surface area (Å²) in [5.74, 6) is -0.108. The van der Waals surface area contributed by atoms with Crippen LogP contribution in [0, 0.1) is 6.92 Å². The third-order valence-electron chi connectivity index (χ3n) is 6.22. The van der Waals surface area contributed by atoms with Gasteiger partial charge in [0.25, 0.3) is 0 Å². The molecule has 0 aliphatic rings. The molecule has 34 heavy (non-hydrogen) atoms. The van der Waals surface area contributed by atoms with E-state index in [9.17, 15) is 9.59 Å². The summed E-state index contributed by atoms with van der Waals surface area (Å²) in [4.78, 5) is 28.9. The first kappa shape index (κ1) is 25.2. The minimum atomic E-state index is -0.582. The van der Waals surface area contributed by atoms with Gasteiger partial charge in [-0.05, 0) is 43.4 Å². The lowest BCUT2D eigenvalue weighted by atomic mass is 10.0. The fourth-order valence-electron chi connectivity index (χ4n) is 3.92. The van der Waals surface area contributed by atoms with Crippen LogP contribution in [-0.4, -0.2) is 28.8 Å². The predicted molar refractivity (Wildman–Crippen MR) is 138 cm³/mol. The molecule has 0 fully saturated rings. The van der Waals surface area contributed by atoms with Gasteiger partial charge in [0.1, 0.15) is 6.04 Å². The topological polar surface area (TPSA) is 49.4 Å². The second-order valence-corrected chi connectivity index (χ2v) is 9.02. The molecule has 0 heterocycles. The van der Waals surface area contributed by atoms with Gasteiger partial charge in [0.05, 0.1) is 0 Å². The number of carbonyl (C=O) groups is 2. The van der Waals surface area contributed by atoms with Crippen molar-refractivity contribution in [3.63, 3.8) is 0 Å². The van der Waals surface area contributed by atoms with Gasteiger partial charge in [0, 0.05) is 25.4 Å². The molecule has 4 nitrogen and oxygen atoms in total. The molecule has 0 spiro atoms. The first-order valence-electron chi connectivity index (χ1n) is 12.2. The van der Waals surface area contributed by atoms with E-state index in [1.807, 2.05) is 106 Å². The van der Waals surface area contributed by atoms with Crippen LogP contribution >= 0.6 is 0 Å². The second-order valence-electron chi connectivity index (χ2n) is 9.02. The Kier molecular flexibility index (Phi) is 9.45. The van der Waals surface area contributed by atoms with Gasteiger partial charge in [-0.15, -0.1) is 0 Å². The Morgan fingerprint density at radius 1 is 0.824 bits per heavy atom. The summed E-state index contributed by atoms with van der Waals surface area (Å²) in [6.07, 6.45) is 2.32. The van der Waals surface area contributed by atoms with E-state index in [2.05, 4.69) is 5.32 Å². The largest absolute Gasteiger partial charge is 0.352 e. The zero-order chi connectivity index (χ0) is 24.3. The smallest absolute Gasteiger partial charge is 0.243 e. The first-order chi connectivity index (χ1) is 16.5. The minimum Gasteiger partial charge on any atom is -0.352 e. The van der Waals surface area contributed by atoms with Gasteiger partial charge in [0.15, 0.2) is 0 Å². The van der Waals surface area contributed by atoms with E-state index >= 15 is 0 Å². The number of hydrogen-bond acceptors (Lipinski definition) is 2. The summed E-state index contributed by atoms with van der Waals surface area (Å²) in [5, 5.41) is 3.12. The molecule has 178 valence electrons. The zero-order valence-electron chi connectivity index (χ0n) is 20.5. The number of amides is 2. The molecule has 3 aromatic rings. The fourth-order valence-corrected chi connectivity index (χ4v) is 3.92. The number of nitrogens with one attached hydrogen (secondary N) is 1. The number of benzene rings is 3. The third kappa shape index (κ3) is 7.58. The van der Waals surface area contributed by atoms with E-state index in [0.29, 0.717) is 25.8 Å². The molecule has 3 aromatic carbocycles. The molecule has 2 amide bonds. The molecular formula is C30H36N2O2. The average Bonchev–Trinajstić information content (AvgIpc) is 2.87. The summed E-state index contributed by atoms with van der Waals surface area (Å²) < 4.78 is 0. The molecule has 0 radical (unpaired) electrons. The van der Waals surface area contributed by atoms with E-state index in [0.717, 1.165) is 23.1 Å². The molecule has 0 bridgehead atoms. The molecule has 0 unspecified atom stereocenters. The number of aryl methyl sites for hydroxylation is 2. The van der Waals surface area contributed by atoms with Crippen molar-refractivity contribution in [2.75, 3.05) is 0 Å². The van der Waals surface area contributed by atoms with Gasteiger partial charge in [-0.1, -0.05) is 97.4 Å². The summed E-state index contributed by atoms with van der Waals surface area (Å²) in [5.41, 5.74) is 4.35. The van der Waals surface area contributed by atoms with Crippen LogP contribution in [-0.2, 0) is 29.0 Å². The highest BCUT2D eigenvalue weighted by Gasteiger charge is 2.30. The Morgan fingerprint density at radius 2 is 1.41 bits per heavy atom. The number of rotatable bonds is 11. The lowest BCUT2D eigenvalue weighted by Gasteiger charge is -2.32. The van der Waals surface area contributed by atoms with Crippen LogP contribution in [0.15, 0.2) is 84.9 Å². The van der Waals surface area contributed by atoms with Crippen molar-refractivity contribution < 1.29 is 9.59 Å². The van der Waals surface area contributed by atoms with Crippen LogP contribution in [0.4, 0.5) is 0 Å². The normalized spacial score (nSPS) is 12.6. The highest BCUT2D eigenvalue weighted by Crippen LogP contribution is 2.18. The maximum atomic E-state index is 13.6. The van der Waals surface area contributed by atoms with Crippen LogP contribution in [0.3, 0.4) is 0 Å². The molecule has 0 aromatic heterocycles. The second kappa shape index (κ2) is 12.7. The Hall–Kier alpha value is -3.40. The van der Waals surface area contributed by atoms with Crippen molar-refractivity contribution in [3.8, 4) is 0 Å². The van der Waals surface area contributed by atoms with Gasteiger partial charge in [-0.3, -0.25) is 9.59 Å². The molecule has 0 aliphatic carbocycles. The lowest BCUT2D eigenvalue weighted by molar-refractivity contribution is -0.141. The van der Waals surface area contributed by atoms with Crippen molar-refractivity contribution >= 4 is 11.8 Å². The standard InChI is InChI=1S/C30H36N2O2/c1-4-24(3)31-30(34)28(21-26-13-9-6-10-14-26)32(22-27-17-15-23(2)16-18-27)29(33)20-19-25-11-7-5-8-12-25/h5-18,24,28H,4,19-22H2,1-3H3,(H,31,34)/t24-,28-/m1/s1. The number of nitrogens with zero attached hydrogens (tertiary/aromatic N) is 1. The molecule has 0 saturated heterocycles. The third-order valence-corrected chi connectivity index (χ3v) is 6.22. The molecule has 4 heteroatoms. The van der Waals surface area contributed by atoms with Crippen molar-refractivity contribution in [3.05, 3.63) is 107 Å². The SMILES string of the molecule is CC[C@@H](C)NC(=O)[C@@H](Cc1ccccc1)N(Cc1ccc(C)cc1)C(=O)CCc1ccccc1. The van der Waals surface area contributed by atoms with Gasteiger partial charge in [-0.25, -0.2) is 0 Å². The van der Waals surface area contributed by atoms with Gasteiger partial charge >= 0.3 is 0 Å². The zero-order valence-corrected chi connectivity index (χ0v) is 20.5. The van der Waals surface area contributed by atoms with E-state index < -0.39 is 6.04 Å². The fraction of sp³-hybridized carbons (Fsp3) is 0.333. The first-order valence-corrected chi connectivity index (χ1v) is 12.2. The molecule has 0 aliphatic heterocycles. The predicted octanol–water partition coefficient (Wildman–Crippen LogP) is 5.48. The quantitative estimate of drug-likeness (QED) is 0.415. The van der Waals surface area contributed by atoms with Crippen LogP contribution in [0.2, 0.25) is 0 Å². The van der Waals surface area contributed by atoms with Crippen LogP contribution < -0.4 is 5.32 Å². The van der Waals surface area contributed by atoms with Crippen LogP contribution in [0.1, 0.15) is 48.9 Å². The summed E-state index contributed by atoms with van der Waals surface area (Å²) in [6.45, 7) is 6.49.